The molecule has 3 rings (SSSR count). The first kappa shape index (κ1) is 19.7. The summed E-state index contributed by atoms with van der Waals surface area (Å²) in [6, 6.07) is 5.81. The lowest BCUT2D eigenvalue weighted by Crippen LogP contribution is -3.15. The van der Waals surface area contributed by atoms with E-state index in [-0.39, 0.29) is 11.7 Å². The van der Waals surface area contributed by atoms with Gasteiger partial charge in [-0.3, -0.25) is 4.79 Å². The number of hydrogen-bond donors (Lipinski definition) is 3. The molecule has 1 amide bonds. The van der Waals surface area contributed by atoms with E-state index in [1.54, 1.807) is 0 Å². The van der Waals surface area contributed by atoms with Crippen molar-refractivity contribution in [1.82, 2.24) is 10.2 Å². The first-order valence-corrected chi connectivity index (χ1v) is 9.24. The van der Waals surface area contributed by atoms with Crippen molar-refractivity contribution in [2.24, 2.45) is 0 Å². The van der Waals surface area contributed by atoms with E-state index in [2.05, 4.69) is 15.4 Å². The summed E-state index contributed by atoms with van der Waals surface area (Å²) in [6.45, 7) is 3.52. The van der Waals surface area contributed by atoms with Gasteiger partial charge < -0.3 is 25.2 Å². The molecule has 1 aromatic rings. The molecule has 3 N–H and O–H groups in total. The molecule has 6 nitrogen and oxygen atoms in total. The number of carbonyl (C=O) groups excluding carboxylic acids is 1. The number of anilines is 1. The van der Waals surface area contributed by atoms with E-state index in [0.29, 0.717) is 36.5 Å². The third-order valence-electron chi connectivity index (χ3n) is 4.45. The second-order valence-corrected chi connectivity index (χ2v) is 7.14. The van der Waals surface area contributed by atoms with E-state index in [1.807, 2.05) is 4.90 Å². The van der Waals surface area contributed by atoms with Crippen LogP contribution in [0.2, 0.25) is 0 Å². The van der Waals surface area contributed by atoms with Crippen molar-refractivity contribution in [3.63, 3.8) is 0 Å². The Morgan fingerprint density at radius 2 is 1.85 bits per heavy atom. The molecule has 0 atom stereocenters. The summed E-state index contributed by atoms with van der Waals surface area (Å²) in [5.74, 6) is -0.177. The van der Waals surface area contributed by atoms with Crippen LogP contribution in [0.15, 0.2) is 24.3 Å². The highest BCUT2D eigenvalue weighted by Crippen LogP contribution is 2.24. The number of rotatable bonds is 5. The number of hydrogen-bond acceptors (Lipinski definition) is 3. The van der Waals surface area contributed by atoms with E-state index in [9.17, 15) is 18.0 Å². The molecule has 1 aromatic carbocycles. The smallest absolute Gasteiger partial charge is 0.406 e. The minimum Gasteiger partial charge on any atom is -0.406 e. The van der Waals surface area contributed by atoms with Crippen molar-refractivity contribution < 1.29 is 27.6 Å². The van der Waals surface area contributed by atoms with Crippen LogP contribution in [0, 0.1) is 0 Å². The van der Waals surface area contributed by atoms with E-state index in [0.717, 1.165) is 25.9 Å². The maximum Gasteiger partial charge on any atom is 0.573 e. The Bertz CT molecular complexity index is 672. The third-order valence-corrected chi connectivity index (χ3v) is 4.81. The number of amides is 1. The van der Waals surface area contributed by atoms with Gasteiger partial charge in [-0.2, -0.15) is 0 Å². The number of ether oxygens (including phenoxy) is 1. The van der Waals surface area contributed by atoms with Crippen molar-refractivity contribution in [3.05, 3.63) is 24.3 Å². The van der Waals surface area contributed by atoms with Gasteiger partial charge in [-0.25, -0.2) is 0 Å². The molecule has 2 aliphatic rings. The van der Waals surface area contributed by atoms with Gasteiger partial charge in [-0.05, 0) is 49.3 Å². The maximum absolute atomic E-state index is 12.2. The SMILES string of the molecule is O=C(C[NH+]1CCN(C(=S)Nc2ccc(OC(F)(F)F)cc2)CC1)NC1CC1. The Labute approximate surface area is 160 Å². The molecule has 1 aliphatic carbocycles. The first-order valence-electron chi connectivity index (χ1n) is 8.83. The summed E-state index contributed by atoms with van der Waals surface area (Å²) in [6.07, 6.45) is -2.54. The van der Waals surface area contributed by atoms with Crippen LogP contribution in [0.25, 0.3) is 0 Å². The number of nitrogens with one attached hydrogen (secondary N) is 3. The Hall–Kier alpha value is -2.07. The Kier molecular flexibility index (Phi) is 6.05. The molecule has 1 aliphatic heterocycles. The summed E-state index contributed by atoms with van der Waals surface area (Å²) in [4.78, 5) is 15.1. The van der Waals surface area contributed by atoms with Gasteiger partial charge in [0.1, 0.15) is 5.75 Å². The van der Waals surface area contributed by atoms with E-state index in [4.69, 9.17) is 12.2 Å². The van der Waals surface area contributed by atoms with Crippen LogP contribution in [0.3, 0.4) is 0 Å². The fourth-order valence-corrected chi connectivity index (χ4v) is 3.18. The zero-order chi connectivity index (χ0) is 19.4. The lowest BCUT2D eigenvalue weighted by Gasteiger charge is -2.33. The number of benzene rings is 1. The monoisotopic (exact) mass is 403 g/mol. The maximum atomic E-state index is 12.2. The summed E-state index contributed by atoms with van der Waals surface area (Å²) in [5.41, 5.74) is 0.591. The zero-order valence-corrected chi connectivity index (χ0v) is 15.5. The van der Waals surface area contributed by atoms with Crippen molar-refractivity contribution >= 4 is 28.9 Å². The minimum atomic E-state index is -4.71. The number of halogens is 3. The standard InChI is InChI=1S/C17H21F3N4O2S/c18-17(19,20)26-14-5-3-13(4-6-14)22-16(27)24-9-7-23(8-10-24)11-15(25)21-12-1-2-12/h3-6,12H,1-2,7-11H2,(H,21,25)(H,22,27)/p+1. The van der Waals surface area contributed by atoms with E-state index in [1.165, 1.54) is 29.2 Å². The molecule has 0 radical (unpaired) electrons. The number of alkyl halides is 3. The number of thiocarbonyl (C=S) groups is 1. The molecule has 10 heteroatoms. The van der Waals surface area contributed by atoms with Gasteiger partial charge in [0, 0.05) is 11.7 Å². The highest BCUT2D eigenvalue weighted by Gasteiger charge is 2.31. The number of quaternary nitrogens is 1. The third kappa shape index (κ3) is 6.55. The quantitative estimate of drug-likeness (QED) is 0.634. The molecule has 27 heavy (non-hydrogen) atoms. The van der Waals surface area contributed by atoms with Crippen LogP contribution in [-0.4, -0.2) is 61.0 Å². The Morgan fingerprint density at radius 3 is 2.41 bits per heavy atom. The molecule has 2 fully saturated rings. The van der Waals surface area contributed by atoms with Gasteiger partial charge in [0.25, 0.3) is 5.91 Å². The molecule has 0 spiro atoms. The van der Waals surface area contributed by atoms with E-state index >= 15 is 0 Å². The average Bonchev–Trinajstić information content (AvgIpc) is 3.40. The second kappa shape index (κ2) is 8.30. The Morgan fingerprint density at radius 1 is 1.22 bits per heavy atom. The van der Waals surface area contributed by atoms with Gasteiger partial charge in [0.2, 0.25) is 0 Å². The van der Waals surface area contributed by atoms with Gasteiger partial charge >= 0.3 is 6.36 Å². The topological polar surface area (TPSA) is 58.0 Å². The largest absolute Gasteiger partial charge is 0.573 e. The molecular formula is C17H22F3N4O2S+. The lowest BCUT2D eigenvalue weighted by molar-refractivity contribution is -0.895. The van der Waals surface area contributed by atoms with Crippen LogP contribution in [-0.2, 0) is 4.79 Å². The zero-order valence-electron chi connectivity index (χ0n) is 14.6. The highest BCUT2D eigenvalue weighted by atomic mass is 32.1. The molecule has 148 valence electrons. The number of piperazine rings is 1. The van der Waals surface area contributed by atoms with Crippen molar-refractivity contribution in [1.29, 1.82) is 0 Å². The van der Waals surface area contributed by atoms with Crippen LogP contribution in [0.4, 0.5) is 18.9 Å². The molecule has 1 saturated heterocycles. The fourth-order valence-electron chi connectivity index (χ4n) is 2.88. The van der Waals surface area contributed by atoms with Crippen molar-refractivity contribution in [2.75, 3.05) is 38.0 Å². The lowest BCUT2D eigenvalue weighted by atomic mass is 10.3. The summed E-state index contributed by atoms with van der Waals surface area (Å²) in [7, 11) is 0. The summed E-state index contributed by atoms with van der Waals surface area (Å²) in [5, 5.41) is 6.53. The Balaban J connectivity index is 1.41. The fraction of sp³-hybridized carbons (Fsp3) is 0.529. The molecule has 0 unspecified atom stereocenters. The average molecular weight is 403 g/mol. The van der Waals surface area contributed by atoms with Gasteiger partial charge in [0.05, 0.1) is 26.2 Å². The second-order valence-electron chi connectivity index (χ2n) is 6.76. The molecule has 0 aromatic heterocycles. The van der Waals surface area contributed by atoms with Crippen LogP contribution >= 0.6 is 12.2 Å². The minimum absolute atomic E-state index is 0.0998. The van der Waals surface area contributed by atoms with Crippen LogP contribution in [0.1, 0.15) is 12.8 Å². The highest BCUT2D eigenvalue weighted by molar-refractivity contribution is 7.80. The molecular weight excluding hydrogens is 381 g/mol. The van der Waals surface area contributed by atoms with Gasteiger partial charge in [-0.1, -0.05) is 0 Å². The van der Waals surface area contributed by atoms with Crippen molar-refractivity contribution in [2.45, 2.75) is 25.2 Å². The predicted octanol–water partition coefficient (Wildman–Crippen LogP) is 0.761. The van der Waals surface area contributed by atoms with Gasteiger partial charge in [0.15, 0.2) is 11.7 Å². The number of nitrogens with zero attached hydrogens (tertiary/aromatic N) is 1. The van der Waals surface area contributed by atoms with Gasteiger partial charge in [-0.15, -0.1) is 13.2 Å². The summed E-state index contributed by atoms with van der Waals surface area (Å²) < 4.78 is 40.4. The normalized spacial score (nSPS) is 18.1. The first-order chi connectivity index (χ1) is 12.8. The molecule has 1 saturated carbocycles. The van der Waals surface area contributed by atoms with E-state index < -0.39 is 6.36 Å². The van der Waals surface area contributed by atoms with Crippen LogP contribution in [0.5, 0.6) is 5.75 Å². The molecule has 1 heterocycles. The molecule has 0 bridgehead atoms. The van der Waals surface area contributed by atoms with Crippen LogP contribution < -0.4 is 20.3 Å². The van der Waals surface area contributed by atoms with Crippen molar-refractivity contribution in [3.8, 4) is 5.75 Å². The number of carbonyl (C=O) groups is 1. The summed E-state index contributed by atoms with van der Waals surface area (Å²) >= 11 is 5.38. The predicted molar refractivity (Wildman–Crippen MR) is 97.6 cm³/mol.